The van der Waals surface area contributed by atoms with Crippen molar-refractivity contribution in [2.24, 2.45) is 0 Å². The standard InChI is InChI=1S/C8H11Cl2NO3.C3H3NO/c1-8(2)11(7(12)6(9)10)4-5(13-3)14-8;1-2-5-3-4-1/h4,6H,1-3H3;1-3H. The van der Waals surface area contributed by atoms with Gasteiger partial charge in [0.05, 0.1) is 19.5 Å². The number of nitrogens with zero attached hydrogens (tertiary/aromatic N) is 2. The molecular formula is C11H14Cl2N2O4. The van der Waals surface area contributed by atoms with Gasteiger partial charge >= 0.3 is 0 Å². The predicted molar refractivity (Wildman–Crippen MR) is 69.1 cm³/mol. The predicted octanol–water partition coefficient (Wildman–Crippen LogP) is 2.50. The zero-order valence-corrected chi connectivity index (χ0v) is 12.2. The van der Waals surface area contributed by atoms with E-state index in [1.807, 2.05) is 0 Å². The molecular weight excluding hydrogens is 295 g/mol. The summed E-state index contributed by atoms with van der Waals surface area (Å²) < 4.78 is 14.6. The van der Waals surface area contributed by atoms with E-state index < -0.39 is 16.5 Å². The Kier molecular flexibility index (Phi) is 5.50. The highest BCUT2D eigenvalue weighted by Crippen LogP contribution is 2.30. The van der Waals surface area contributed by atoms with E-state index in [1.54, 1.807) is 20.0 Å². The first-order valence-electron chi connectivity index (χ1n) is 5.27. The van der Waals surface area contributed by atoms with Crippen molar-refractivity contribution in [2.75, 3.05) is 7.11 Å². The molecule has 19 heavy (non-hydrogen) atoms. The first kappa shape index (κ1) is 15.7. The number of halogens is 2. The average Bonchev–Trinajstić information content (AvgIpc) is 2.98. The fraction of sp³-hybridized carbons (Fsp3) is 0.455. The largest absolute Gasteiger partial charge is 0.468 e. The number of carbonyl (C=O) groups excluding carboxylic acids is 1. The van der Waals surface area contributed by atoms with Gasteiger partial charge in [0.1, 0.15) is 6.26 Å². The summed E-state index contributed by atoms with van der Waals surface area (Å²) in [5.41, 5.74) is -0.815. The number of amides is 1. The summed E-state index contributed by atoms with van der Waals surface area (Å²) in [6.45, 7) is 3.42. The van der Waals surface area contributed by atoms with Crippen LogP contribution < -0.4 is 0 Å². The number of methoxy groups -OCH3 is 1. The highest BCUT2D eigenvalue weighted by Gasteiger charge is 2.40. The van der Waals surface area contributed by atoms with Crippen LogP contribution in [0.5, 0.6) is 0 Å². The minimum Gasteiger partial charge on any atom is -0.468 e. The summed E-state index contributed by atoms with van der Waals surface area (Å²) in [6.07, 6.45) is 5.90. The second-order valence-electron chi connectivity index (χ2n) is 3.89. The summed E-state index contributed by atoms with van der Waals surface area (Å²) in [6, 6.07) is 0. The van der Waals surface area contributed by atoms with Gasteiger partial charge in [0.25, 0.3) is 11.9 Å². The van der Waals surface area contributed by atoms with Crippen LogP contribution in [0.1, 0.15) is 13.8 Å². The lowest BCUT2D eigenvalue weighted by Gasteiger charge is -2.29. The molecule has 1 aliphatic heterocycles. The lowest BCUT2D eigenvalue weighted by atomic mass is 10.3. The molecule has 6 nitrogen and oxygen atoms in total. The number of hydrogen-bond acceptors (Lipinski definition) is 5. The third-order valence-electron chi connectivity index (χ3n) is 2.14. The lowest BCUT2D eigenvalue weighted by molar-refractivity contribution is -0.143. The van der Waals surface area contributed by atoms with E-state index in [2.05, 4.69) is 9.40 Å². The van der Waals surface area contributed by atoms with E-state index in [0.717, 1.165) is 0 Å². The Morgan fingerprint density at radius 2 is 2.21 bits per heavy atom. The first-order chi connectivity index (χ1) is 8.88. The van der Waals surface area contributed by atoms with Crippen LogP contribution in [-0.2, 0) is 14.3 Å². The van der Waals surface area contributed by atoms with Gasteiger partial charge in [-0.05, 0) is 13.8 Å². The third-order valence-corrected chi connectivity index (χ3v) is 2.51. The minimum absolute atomic E-state index is 0.261. The second kappa shape index (κ2) is 6.68. The number of ether oxygens (including phenoxy) is 2. The van der Waals surface area contributed by atoms with E-state index in [1.165, 1.54) is 30.9 Å². The number of hydrogen-bond donors (Lipinski definition) is 0. The third kappa shape index (κ3) is 4.33. The molecule has 0 saturated carbocycles. The maximum atomic E-state index is 11.5. The Bertz CT molecular complexity index is 415. The molecule has 106 valence electrons. The Labute approximate surface area is 120 Å². The average molecular weight is 309 g/mol. The number of alkyl halides is 2. The van der Waals surface area contributed by atoms with E-state index in [0.29, 0.717) is 0 Å². The van der Waals surface area contributed by atoms with E-state index in [4.69, 9.17) is 32.7 Å². The highest BCUT2D eigenvalue weighted by atomic mass is 35.5. The van der Waals surface area contributed by atoms with Crippen LogP contribution in [0.15, 0.2) is 35.4 Å². The van der Waals surface area contributed by atoms with Gasteiger partial charge in [-0.2, -0.15) is 0 Å². The van der Waals surface area contributed by atoms with E-state index >= 15 is 0 Å². The molecule has 0 spiro atoms. The normalized spacial score (nSPS) is 16.3. The number of carbonyl (C=O) groups is 1. The molecule has 1 amide bonds. The SMILES string of the molecule is COC1=CN(C(=O)C(Cl)Cl)C(C)(C)O1.c1cocn1. The van der Waals surface area contributed by atoms with Crippen LogP contribution in [0, 0.1) is 0 Å². The summed E-state index contributed by atoms with van der Waals surface area (Å²) in [5, 5.41) is 0. The number of rotatable bonds is 2. The molecule has 1 aromatic heterocycles. The highest BCUT2D eigenvalue weighted by molar-refractivity contribution is 6.53. The Morgan fingerprint density at radius 3 is 2.53 bits per heavy atom. The monoisotopic (exact) mass is 308 g/mol. The van der Waals surface area contributed by atoms with Crippen molar-refractivity contribution < 1.29 is 18.7 Å². The molecule has 2 rings (SSSR count). The van der Waals surface area contributed by atoms with Crippen LogP contribution in [0.3, 0.4) is 0 Å². The molecule has 0 saturated heterocycles. The molecule has 1 aromatic rings. The summed E-state index contributed by atoms with van der Waals surface area (Å²) in [7, 11) is 1.45. The molecule has 2 heterocycles. The van der Waals surface area contributed by atoms with Gasteiger partial charge in [-0.3, -0.25) is 9.69 Å². The Morgan fingerprint density at radius 1 is 1.53 bits per heavy atom. The minimum atomic E-state index is -1.11. The van der Waals surface area contributed by atoms with Crippen LogP contribution in [0.25, 0.3) is 0 Å². The summed E-state index contributed by atoms with van der Waals surface area (Å²) in [4.78, 5) is 15.3. The van der Waals surface area contributed by atoms with Gasteiger partial charge in [-0.15, -0.1) is 0 Å². The van der Waals surface area contributed by atoms with Gasteiger partial charge in [0, 0.05) is 0 Å². The van der Waals surface area contributed by atoms with Gasteiger partial charge < -0.3 is 13.9 Å². The molecule has 0 bridgehead atoms. The molecule has 0 unspecified atom stereocenters. The molecule has 0 N–H and O–H groups in total. The maximum absolute atomic E-state index is 11.5. The van der Waals surface area contributed by atoms with Crippen molar-refractivity contribution in [3.63, 3.8) is 0 Å². The lowest BCUT2D eigenvalue weighted by Crippen LogP contribution is -2.44. The van der Waals surface area contributed by atoms with Gasteiger partial charge in [-0.25, -0.2) is 4.98 Å². The Balaban J connectivity index is 0.000000300. The van der Waals surface area contributed by atoms with Crippen molar-refractivity contribution in [2.45, 2.75) is 24.4 Å². The van der Waals surface area contributed by atoms with Crippen LogP contribution in [0.4, 0.5) is 0 Å². The smallest absolute Gasteiger partial charge is 0.298 e. The fourth-order valence-corrected chi connectivity index (χ4v) is 1.50. The molecule has 0 atom stereocenters. The van der Waals surface area contributed by atoms with Gasteiger partial charge in [0.15, 0.2) is 17.0 Å². The van der Waals surface area contributed by atoms with Gasteiger partial charge in [0.2, 0.25) is 0 Å². The summed E-state index contributed by atoms with van der Waals surface area (Å²) in [5.74, 6) is -0.178. The fourth-order valence-electron chi connectivity index (χ4n) is 1.29. The summed E-state index contributed by atoms with van der Waals surface area (Å²) >= 11 is 11.0. The zero-order chi connectivity index (χ0) is 14.5. The van der Waals surface area contributed by atoms with Crippen molar-refractivity contribution in [3.05, 3.63) is 31.0 Å². The van der Waals surface area contributed by atoms with Crippen molar-refractivity contribution in [1.29, 1.82) is 0 Å². The van der Waals surface area contributed by atoms with E-state index in [-0.39, 0.29) is 5.95 Å². The van der Waals surface area contributed by atoms with Crippen molar-refractivity contribution >= 4 is 29.1 Å². The number of oxazole rings is 1. The zero-order valence-electron chi connectivity index (χ0n) is 10.7. The molecule has 0 aromatic carbocycles. The number of aromatic nitrogens is 1. The molecule has 1 aliphatic rings. The molecule has 8 heteroatoms. The topological polar surface area (TPSA) is 64.8 Å². The molecule has 0 radical (unpaired) electrons. The van der Waals surface area contributed by atoms with Crippen LogP contribution >= 0.6 is 23.2 Å². The Hall–Kier alpha value is -1.40. The quantitative estimate of drug-likeness (QED) is 0.785. The van der Waals surface area contributed by atoms with E-state index in [9.17, 15) is 4.79 Å². The van der Waals surface area contributed by atoms with Crippen molar-refractivity contribution in [1.82, 2.24) is 9.88 Å². The van der Waals surface area contributed by atoms with Gasteiger partial charge in [-0.1, -0.05) is 23.2 Å². The first-order valence-corrected chi connectivity index (χ1v) is 6.14. The maximum Gasteiger partial charge on any atom is 0.298 e. The second-order valence-corrected chi connectivity index (χ2v) is 4.98. The molecule has 0 fully saturated rings. The van der Waals surface area contributed by atoms with Crippen LogP contribution in [-0.4, -0.2) is 33.5 Å². The van der Waals surface area contributed by atoms with Crippen molar-refractivity contribution in [3.8, 4) is 0 Å². The molecule has 0 aliphatic carbocycles. The van der Waals surface area contributed by atoms with Crippen LogP contribution in [0.2, 0.25) is 0 Å².